The van der Waals surface area contributed by atoms with E-state index in [-0.39, 0.29) is 30.5 Å². The van der Waals surface area contributed by atoms with Gasteiger partial charge in [-0.3, -0.25) is 15.0 Å². The van der Waals surface area contributed by atoms with Crippen LogP contribution in [0.3, 0.4) is 0 Å². The normalized spacial score (nSPS) is 32.2. The van der Waals surface area contributed by atoms with Crippen molar-refractivity contribution in [1.29, 1.82) is 0 Å². The van der Waals surface area contributed by atoms with Gasteiger partial charge in [-0.05, 0) is 32.2 Å². The highest BCUT2D eigenvalue weighted by Gasteiger charge is 2.37. The third-order valence-corrected chi connectivity index (χ3v) is 4.30. The van der Waals surface area contributed by atoms with Crippen LogP contribution in [0.1, 0.15) is 38.5 Å². The van der Waals surface area contributed by atoms with Crippen LogP contribution in [0.15, 0.2) is 0 Å². The van der Waals surface area contributed by atoms with E-state index in [9.17, 15) is 14.7 Å². The van der Waals surface area contributed by atoms with E-state index < -0.39 is 6.03 Å². The van der Waals surface area contributed by atoms with Crippen molar-refractivity contribution < 1.29 is 14.7 Å². The first kappa shape index (κ1) is 14.3. The first-order valence-electron chi connectivity index (χ1n) is 7.09. The Morgan fingerprint density at radius 1 is 1.21 bits per heavy atom. The Morgan fingerprint density at radius 3 is 2.63 bits per heavy atom. The molecule has 3 unspecified atom stereocenters. The number of carbonyl (C=O) groups excluding carboxylic acids is 2. The molecule has 0 spiro atoms. The van der Waals surface area contributed by atoms with Crippen LogP contribution in [0.5, 0.6) is 0 Å². The number of nitrogens with two attached hydrogens (primary N) is 1. The van der Waals surface area contributed by atoms with E-state index >= 15 is 0 Å². The molecule has 0 bridgehead atoms. The highest BCUT2D eigenvalue weighted by molar-refractivity contribution is 5.94. The molecule has 0 radical (unpaired) electrons. The number of imide groups is 1. The first-order valence-corrected chi connectivity index (χ1v) is 7.09. The van der Waals surface area contributed by atoms with Gasteiger partial charge >= 0.3 is 6.03 Å². The molecule has 2 fully saturated rings. The number of nitrogens with one attached hydrogen (secondary N) is 1. The van der Waals surface area contributed by atoms with Crippen molar-refractivity contribution in [2.45, 2.75) is 50.7 Å². The lowest BCUT2D eigenvalue weighted by Gasteiger charge is -2.39. The molecule has 6 heteroatoms. The minimum absolute atomic E-state index is 0.191. The lowest BCUT2D eigenvalue weighted by molar-refractivity contribution is -0.122. The van der Waals surface area contributed by atoms with Crippen LogP contribution in [0.25, 0.3) is 0 Å². The fraction of sp³-hybridized carbons (Fsp3) is 0.846. The van der Waals surface area contributed by atoms with Crippen LogP contribution in [0.4, 0.5) is 4.79 Å². The molecule has 108 valence electrons. The van der Waals surface area contributed by atoms with Crippen LogP contribution < -0.4 is 11.1 Å². The number of hydrogen-bond donors (Lipinski definition) is 3. The van der Waals surface area contributed by atoms with Crippen molar-refractivity contribution in [1.82, 2.24) is 10.2 Å². The van der Waals surface area contributed by atoms with Gasteiger partial charge in [-0.1, -0.05) is 12.8 Å². The molecule has 19 heavy (non-hydrogen) atoms. The Hall–Kier alpha value is -1.14. The average Bonchev–Trinajstić information content (AvgIpc) is 2.75. The molecular weight excluding hydrogens is 246 g/mol. The van der Waals surface area contributed by atoms with E-state index in [4.69, 9.17) is 5.73 Å². The molecule has 1 saturated carbocycles. The molecule has 2 aliphatic rings. The van der Waals surface area contributed by atoms with Crippen molar-refractivity contribution >= 4 is 11.9 Å². The predicted molar refractivity (Wildman–Crippen MR) is 70.3 cm³/mol. The van der Waals surface area contributed by atoms with Gasteiger partial charge in [0.05, 0.1) is 12.6 Å². The molecule has 3 amide bonds. The number of primary amides is 1. The third-order valence-electron chi connectivity index (χ3n) is 4.30. The number of piperidine rings is 1. The zero-order valence-electron chi connectivity index (χ0n) is 11.2. The maximum absolute atomic E-state index is 11.6. The number of likely N-dealkylation sites (tertiary alicyclic amines) is 1. The second kappa shape index (κ2) is 6.34. The monoisotopic (exact) mass is 269 g/mol. The Kier molecular flexibility index (Phi) is 4.76. The highest BCUT2D eigenvalue weighted by Crippen LogP contribution is 2.34. The molecule has 6 nitrogen and oxygen atoms in total. The number of rotatable bonds is 3. The van der Waals surface area contributed by atoms with E-state index in [1.54, 1.807) is 0 Å². The van der Waals surface area contributed by atoms with E-state index in [0.29, 0.717) is 0 Å². The largest absolute Gasteiger partial charge is 0.393 e. The molecule has 0 aromatic carbocycles. The number of aliphatic hydroxyl groups is 1. The summed E-state index contributed by atoms with van der Waals surface area (Å²) in [6, 6.07) is -0.552. The fourth-order valence-corrected chi connectivity index (χ4v) is 3.48. The molecule has 1 aliphatic carbocycles. The summed E-state index contributed by atoms with van der Waals surface area (Å²) in [6.45, 7) is 1.04. The SMILES string of the molecule is NC(=O)NC(=O)CN1CCCCC1C1CCCC1O. The number of aliphatic hydroxyl groups excluding tert-OH is 1. The summed E-state index contributed by atoms with van der Waals surface area (Å²) in [6.07, 6.45) is 5.92. The second-order valence-electron chi connectivity index (χ2n) is 5.61. The molecule has 1 heterocycles. The lowest BCUT2D eigenvalue weighted by Crippen LogP contribution is -2.51. The molecule has 0 aromatic rings. The predicted octanol–water partition coefficient (Wildman–Crippen LogP) is 0.197. The molecule has 1 aliphatic heterocycles. The zero-order chi connectivity index (χ0) is 13.8. The van der Waals surface area contributed by atoms with Crippen LogP contribution in [-0.4, -0.2) is 47.2 Å². The van der Waals surface area contributed by atoms with Gasteiger partial charge in [0.15, 0.2) is 0 Å². The van der Waals surface area contributed by atoms with Gasteiger partial charge < -0.3 is 10.8 Å². The van der Waals surface area contributed by atoms with E-state index in [1.807, 2.05) is 0 Å². The minimum atomic E-state index is -0.806. The van der Waals surface area contributed by atoms with Crippen molar-refractivity contribution in [2.24, 2.45) is 11.7 Å². The van der Waals surface area contributed by atoms with E-state index in [2.05, 4.69) is 10.2 Å². The fourth-order valence-electron chi connectivity index (χ4n) is 3.48. The van der Waals surface area contributed by atoms with Crippen molar-refractivity contribution in [3.63, 3.8) is 0 Å². The first-order chi connectivity index (χ1) is 9.08. The number of hydrogen-bond acceptors (Lipinski definition) is 4. The van der Waals surface area contributed by atoms with E-state index in [1.165, 1.54) is 0 Å². The van der Waals surface area contributed by atoms with Crippen LogP contribution in [-0.2, 0) is 4.79 Å². The molecule has 2 rings (SSSR count). The topological polar surface area (TPSA) is 95.7 Å². The molecule has 4 N–H and O–H groups in total. The summed E-state index contributed by atoms with van der Waals surface area (Å²) in [4.78, 5) is 24.4. The Morgan fingerprint density at radius 2 is 2.00 bits per heavy atom. The lowest BCUT2D eigenvalue weighted by atomic mass is 9.88. The molecular formula is C13H23N3O3. The smallest absolute Gasteiger partial charge is 0.318 e. The second-order valence-corrected chi connectivity index (χ2v) is 5.61. The summed E-state index contributed by atoms with van der Waals surface area (Å²) in [5, 5.41) is 12.1. The minimum Gasteiger partial charge on any atom is -0.393 e. The van der Waals surface area contributed by atoms with Gasteiger partial charge in [0.1, 0.15) is 0 Å². The van der Waals surface area contributed by atoms with Crippen molar-refractivity contribution in [2.75, 3.05) is 13.1 Å². The van der Waals surface area contributed by atoms with Crippen LogP contribution in [0, 0.1) is 5.92 Å². The summed E-state index contributed by atoms with van der Waals surface area (Å²) in [7, 11) is 0. The van der Waals surface area contributed by atoms with Gasteiger partial charge in [0, 0.05) is 12.0 Å². The van der Waals surface area contributed by atoms with Gasteiger partial charge in [0.25, 0.3) is 0 Å². The van der Waals surface area contributed by atoms with Gasteiger partial charge in [-0.2, -0.15) is 0 Å². The standard InChI is InChI=1S/C13H23N3O3/c14-13(19)15-12(18)8-16-7-2-1-5-10(16)9-4-3-6-11(9)17/h9-11,17H,1-8H2,(H3,14,15,18,19). The molecule has 1 saturated heterocycles. The van der Waals surface area contributed by atoms with Crippen LogP contribution >= 0.6 is 0 Å². The Bertz CT molecular complexity index is 348. The molecule has 3 atom stereocenters. The number of nitrogens with zero attached hydrogens (tertiary/aromatic N) is 1. The third kappa shape index (κ3) is 3.67. The summed E-state index contributed by atoms with van der Waals surface area (Å²) in [5.74, 6) is -0.0893. The highest BCUT2D eigenvalue weighted by atomic mass is 16.3. The van der Waals surface area contributed by atoms with Gasteiger partial charge in [-0.15, -0.1) is 0 Å². The zero-order valence-corrected chi connectivity index (χ0v) is 11.2. The van der Waals surface area contributed by atoms with Crippen LogP contribution in [0.2, 0.25) is 0 Å². The molecule has 0 aromatic heterocycles. The van der Waals surface area contributed by atoms with Crippen molar-refractivity contribution in [3.05, 3.63) is 0 Å². The summed E-state index contributed by atoms with van der Waals surface area (Å²) in [5.41, 5.74) is 4.95. The Labute approximate surface area is 113 Å². The number of urea groups is 1. The van der Waals surface area contributed by atoms with Gasteiger partial charge in [0.2, 0.25) is 5.91 Å². The summed E-state index contributed by atoms with van der Waals surface area (Å²) < 4.78 is 0. The maximum Gasteiger partial charge on any atom is 0.318 e. The number of carbonyl (C=O) groups is 2. The average molecular weight is 269 g/mol. The quantitative estimate of drug-likeness (QED) is 0.682. The Balaban J connectivity index is 1.95. The number of amides is 3. The van der Waals surface area contributed by atoms with Crippen molar-refractivity contribution in [3.8, 4) is 0 Å². The summed E-state index contributed by atoms with van der Waals surface area (Å²) >= 11 is 0. The maximum atomic E-state index is 11.6. The van der Waals surface area contributed by atoms with Gasteiger partial charge in [-0.25, -0.2) is 4.79 Å². The van der Waals surface area contributed by atoms with E-state index in [0.717, 1.165) is 45.1 Å².